The molecule has 2 aliphatic heterocycles. The lowest BCUT2D eigenvalue weighted by Gasteiger charge is -2.46. The smallest absolute Gasteiger partial charge is 0.247 e. The van der Waals surface area contributed by atoms with Gasteiger partial charge in [0.15, 0.2) is 0 Å². The Labute approximate surface area is 176 Å². The summed E-state index contributed by atoms with van der Waals surface area (Å²) in [7, 11) is 1.96. The van der Waals surface area contributed by atoms with Crippen LogP contribution in [-0.4, -0.2) is 63.3 Å². The van der Waals surface area contributed by atoms with Gasteiger partial charge in [0, 0.05) is 45.1 Å². The molecule has 1 unspecified atom stereocenters. The monoisotopic (exact) mass is 402 g/mol. The number of carbonyl (C=O) groups excluding carboxylic acids is 2. The van der Waals surface area contributed by atoms with Crippen LogP contribution in [0.2, 0.25) is 0 Å². The van der Waals surface area contributed by atoms with Gasteiger partial charge in [0.1, 0.15) is 12.6 Å². The van der Waals surface area contributed by atoms with Crippen molar-refractivity contribution < 1.29 is 9.59 Å². The summed E-state index contributed by atoms with van der Waals surface area (Å²) in [5.41, 5.74) is 2.30. The first-order valence-corrected chi connectivity index (χ1v) is 10.5. The number of benzene rings is 2. The molecular formula is C24H26N4O2. The van der Waals surface area contributed by atoms with E-state index in [0.717, 1.165) is 18.8 Å². The van der Waals surface area contributed by atoms with Crippen molar-refractivity contribution in [1.82, 2.24) is 19.3 Å². The highest BCUT2D eigenvalue weighted by Gasteiger charge is 2.42. The Morgan fingerprint density at radius 1 is 0.933 bits per heavy atom. The summed E-state index contributed by atoms with van der Waals surface area (Å²) in [4.78, 5) is 31.8. The molecule has 154 valence electrons. The van der Waals surface area contributed by atoms with Crippen LogP contribution in [0.1, 0.15) is 11.3 Å². The lowest BCUT2D eigenvalue weighted by atomic mass is 10.0. The Kier molecular flexibility index (Phi) is 4.79. The van der Waals surface area contributed by atoms with Gasteiger partial charge < -0.3 is 14.4 Å². The standard InChI is InChI=1S/C24H26N4O2/c1-25-11-5-9-20(25)15-27-17-23(29)28-13-12-26(16-22(28)24(27)30)14-19-8-4-7-18-6-2-3-10-21(18)19/h2-11,22H,12-17H2,1H3. The normalized spacial score (nSPS) is 20.1. The molecule has 6 nitrogen and oxygen atoms in total. The highest BCUT2D eigenvalue weighted by Crippen LogP contribution is 2.24. The lowest BCUT2D eigenvalue weighted by Crippen LogP contribution is -2.66. The maximum absolute atomic E-state index is 13.2. The quantitative estimate of drug-likeness (QED) is 0.673. The van der Waals surface area contributed by atoms with E-state index in [1.807, 2.05) is 29.9 Å². The number of hydrogen-bond acceptors (Lipinski definition) is 3. The molecular weight excluding hydrogens is 376 g/mol. The Balaban J connectivity index is 1.34. The van der Waals surface area contributed by atoms with Crippen LogP contribution in [0.4, 0.5) is 0 Å². The zero-order valence-corrected chi connectivity index (χ0v) is 17.2. The largest absolute Gasteiger partial charge is 0.353 e. The van der Waals surface area contributed by atoms with Crippen molar-refractivity contribution in [2.75, 3.05) is 26.2 Å². The van der Waals surface area contributed by atoms with Crippen molar-refractivity contribution in [3.8, 4) is 0 Å². The number of piperazine rings is 2. The van der Waals surface area contributed by atoms with Crippen molar-refractivity contribution in [2.45, 2.75) is 19.1 Å². The first kappa shape index (κ1) is 18.9. The molecule has 0 spiro atoms. The molecule has 0 radical (unpaired) electrons. The maximum atomic E-state index is 13.2. The molecule has 0 saturated carbocycles. The number of rotatable bonds is 4. The molecule has 2 amide bonds. The number of carbonyl (C=O) groups is 2. The predicted molar refractivity (Wildman–Crippen MR) is 116 cm³/mol. The molecule has 2 saturated heterocycles. The number of amides is 2. The predicted octanol–water partition coefficient (Wildman–Crippen LogP) is 2.23. The molecule has 2 aromatic carbocycles. The van der Waals surface area contributed by atoms with Crippen molar-refractivity contribution in [2.24, 2.45) is 7.05 Å². The van der Waals surface area contributed by atoms with E-state index in [9.17, 15) is 9.59 Å². The Bertz CT molecular complexity index is 1100. The molecule has 5 rings (SSSR count). The average Bonchev–Trinajstić information content (AvgIpc) is 3.16. The third-order valence-corrected chi connectivity index (χ3v) is 6.39. The van der Waals surface area contributed by atoms with E-state index in [-0.39, 0.29) is 18.4 Å². The van der Waals surface area contributed by atoms with Gasteiger partial charge in [-0.15, -0.1) is 0 Å². The lowest BCUT2D eigenvalue weighted by molar-refractivity contribution is -0.160. The molecule has 3 aromatic rings. The molecule has 0 bridgehead atoms. The zero-order valence-electron chi connectivity index (χ0n) is 17.2. The van der Waals surface area contributed by atoms with Crippen molar-refractivity contribution in [1.29, 1.82) is 0 Å². The van der Waals surface area contributed by atoms with E-state index >= 15 is 0 Å². The molecule has 1 atom stereocenters. The summed E-state index contributed by atoms with van der Waals surface area (Å²) in [6.45, 7) is 3.41. The molecule has 2 fully saturated rings. The van der Waals surface area contributed by atoms with Crippen molar-refractivity contribution in [3.63, 3.8) is 0 Å². The number of aryl methyl sites for hydroxylation is 1. The van der Waals surface area contributed by atoms with Gasteiger partial charge in [0.25, 0.3) is 0 Å². The Hall–Kier alpha value is -3.12. The summed E-state index contributed by atoms with van der Waals surface area (Å²) >= 11 is 0. The second kappa shape index (κ2) is 7.61. The number of hydrogen-bond donors (Lipinski definition) is 0. The second-order valence-electron chi connectivity index (χ2n) is 8.28. The first-order chi connectivity index (χ1) is 14.6. The highest BCUT2D eigenvalue weighted by atomic mass is 16.2. The van der Waals surface area contributed by atoms with E-state index in [2.05, 4.69) is 47.4 Å². The zero-order chi connectivity index (χ0) is 20.7. The van der Waals surface area contributed by atoms with Gasteiger partial charge in [-0.05, 0) is 28.5 Å². The van der Waals surface area contributed by atoms with Gasteiger partial charge in [0.05, 0.1) is 6.54 Å². The molecule has 3 heterocycles. The van der Waals surface area contributed by atoms with Crippen LogP contribution in [0, 0.1) is 0 Å². The number of fused-ring (bicyclic) bond motifs is 2. The summed E-state index contributed by atoms with van der Waals surface area (Å²) in [6.07, 6.45) is 1.96. The van der Waals surface area contributed by atoms with E-state index in [1.54, 1.807) is 9.80 Å². The van der Waals surface area contributed by atoms with Crippen LogP contribution < -0.4 is 0 Å². The van der Waals surface area contributed by atoms with Gasteiger partial charge in [-0.1, -0.05) is 42.5 Å². The minimum absolute atomic E-state index is 0.0541. The molecule has 2 aliphatic rings. The van der Waals surface area contributed by atoms with Gasteiger partial charge in [-0.3, -0.25) is 14.5 Å². The maximum Gasteiger partial charge on any atom is 0.247 e. The summed E-state index contributed by atoms with van der Waals surface area (Å²) in [5, 5.41) is 2.48. The van der Waals surface area contributed by atoms with Gasteiger partial charge in [0.2, 0.25) is 11.8 Å². The van der Waals surface area contributed by atoms with Gasteiger partial charge >= 0.3 is 0 Å². The minimum Gasteiger partial charge on any atom is -0.353 e. The Morgan fingerprint density at radius 2 is 1.77 bits per heavy atom. The molecule has 30 heavy (non-hydrogen) atoms. The fraction of sp³-hybridized carbons (Fsp3) is 0.333. The SMILES string of the molecule is Cn1cccc1CN1CC(=O)N2CCN(Cc3cccc4ccccc34)CC2C1=O. The van der Waals surface area contributed by atoms with E-state index in [0.29, 0.717) is 19.6 Å². The summed E-state index contributed by atoms with van der Waals surface area (Å²) in [5.74, 6) is 0.108. The third kappa shape index (κ3) is 3.37. The van der Waals surface area contributed by atoms with Crippen LogP contribution in [-0.2, 0) is 29.7 Å². The Morgan fingerprint density at radius 3 is 2.60 bits per heavy atom. The topological polar surface area (TPSA) is 48.8 Å². The molecule has 0 aliphatic carbocycles. The van der Waals surface area contributed by atoms with E-state index < -0.39 is 6.04 Å². The van der Waals surface area contributed by atoms with Crippen LogP contribution in [0.3, 0.4) is 0 Å². The number of nitrogens with zero attached hydrogens (tertiary/aromatic N) is 4. The van der Waals surface area contributed by atoms with Crippen molar-refractivity contribution in [3.05, 3.63) is 72.1 Å². The summed E-state index contributed by atoms with van der Waals surface area (Å²) < 4.78 is 2.00. The number of aromatic nitrogens is 1. The van der Waals surface area contributed by atoms with Crippen LogP contribution in [0.25, 0.3) is 10.8 Å². The molecule has 1 aromatic heterocycles. The fourth-order valence-corrected chi connectivity index (χ4v) is 4.70. The third-order valence-electron chi connectivity index (χ3n) is 6.39. The van der Waals surface area contributed by atoms with E-state index in [1.165, 1.54) is 16.3 Å². The average molecular weight is 402 g/mol. The van der Waals surface area contributed by atoms with E-state index in [4.69, 9.17) is 0 Å². The van der Waals surface area contributed by atoms with Crippen molar-refractivity contribution >= 4 is 22.6 Å². The fourth-order valence-electron chi connectivity index (χ4n) is 4.70. The first-order valence-electron chi connectivity index (χ1n) is 10.5. The van der Waals surface area contributed by atoms with Gasteiger partial charge in [-0.25, -0.2) is 0 Å². The van der Waals surface area contributed by atoms with Gasteiger partial charge in [-0.2, -0.15) is 0 Å². The second-order valence-corrected chi connectivity index (χ2v) is 8.28. The highest BCUT2D eigenvalue weighted by molar-refractivity contribution is 5.95. The van der Waals surface area contributed by atoms with Crippen LogP contribution in [0.15, 0.2) is 60.8 Å². The molecule has 6 heteroatoms. The molecule has 0 N–H and O–H groups in total. The minimum atomic E-state index is -0.393. The summed E-state index contributed by atoms with van der Waals surface area (Å²) in [6, 6.07) is 18.3. The van der Waals surface area contributed by atoms with Crippen LogP contribution in [0.5, 0.6) is 0 Å². The van der Waals surface area contributed by atoms with Crippen LogP contribution >= 0.6 is 0 Å².